The van der Waals surface area contributed by atoms with Gasteiger partial charge in [0.25, 0.3) is 0 Å². The number of hydrogen-bond acceptors (Lipinski definition) is 8. The molecule has 236 valence electrons. The van der Waals surface area contributed by atoms with Crippen molar-refractivity contribution in [2.75, 3.05) is 37.5 Å². The molecule has 12 nitrogen and oxygen atoms in total. The summed E-state index contributed by atoms with van der Waals surface area (Å²) in [5.41, 5.74) is 1.25. The van der Waals surface area contributed by atoms with Crippen LogP contribution in [0.5, 0.6) is 0 Å². The van der Waals surface area contributed by atoms with Gasteiger partial charge >= 0.3 is 12.2 Å². The fraction of sp³-hybridized carbons (Fsp3) is 0.467. The van der Waals surface area contributed by atoms with E-state index in [9.17, 15) is 14.4 Å². The Labute approximate surface area is 255 Å². The van der Waals surface area contributed by atoms with E-state index in [1.165, 1.54) is 7.11 Å². The molecular formula is C30H45N5O7Si. The van der Waals surface area contributed by atoms with Crippen molar-refractivity contribution in [2.45, 2.75) is 65.2 Å². The minimum atomic E-state index is -1.30. The smallest absolute Gasteiger partial charge is 0.434 e. The molecule has 1 aromatic carbocycles. The number of aromatic nitrogens is 2. The lowest BCUT2D eigenvalue weighted by Gasteiger charge is -2.26. The van der Waals surface area contributed by atoms with Crippen LogP contribution in [-0.4, -0.2) is 73.3 Å². The Balaban J connectivity index is 2.45. The van der Waals surface area contributed by atoms with E-state index in [4.69, 9.17) is 19.3 Å². The van der Waals surface area contributed by atoms with Gasteiger partial charge in [-0.3, -0.25) is 14.9 Å². The van der Waals surface area contributed by atoms with Crippen LogP contribution in [0.25, 0.3) is 11.3 Å². The number of hydroxylamine groups is 2. The minimum absolute atomic E-state index is 0.122. The number of anilines is 2. The van der Waals surface area contributed by atoms with E-state index in [1.807, 2.05) is 10.8 Å². The van der Waals surface area contributed by atoms with Crippen LogP contribution in [0.1, 0.15) is 26.6 Å². The van der Waals surface area contributed by atoms with E-state index < -0.39 is 31.8 Å². The fourth-order valence-corrected chi connectivity index (χ4v) is 4.36. The number of amides is 3. The Morgan fingerprint density at radius 1 is 1.14 bits per heavy atom. The SMILES string of the molecule is C=CCON(CCc1nc(-c2ccc(NC(=O)OC)cc2NC(=O)C=C)cn1COCC[Si](C)(C)C)C(=O)OC(C)(C)C. The third-order valence-corrected chi connectivity index (χ3v) is 7.44. The maximum Gasteiger partial charge on any atom is 0.434 e. The highest BCUT2D eigenvalue weighted by Gasteiger charge is 2.24. The molecule has 0 radical (unpaired) electrons. The first kappa shape index (κ1) is 35.3. The maximum atomic E-state index is 12.8. The maximum absolute atomic E-state index is 12.8. The number of carbonyl (C=O) groups excluding carboxylic acids is 3. The quantitative estimate of drug-likeness (QED) is 0.0812. The average Bonchev–Trinajstić information content (AvgIpc) is 3.32. The molecule has 0 fully saturated rings. The molecule has 3 amide bonds. The molecule has 0 aliphatic rings. The summed E-state index contributed by atoms with van der Waals surface area (Å²) in [6, 6.07) is 6.00. The molecule has 0 unspecified atom stereocenters. The van der Waals surface area contributed by atoms with Crippen LogP contribution in [0.15, 0.2) is 49.7 Å². The number of methoxy groups -OCH3 is 1. The summed E-state index contributed by atoms with van der Waals surface area (Å²) in [6.07, 6.45) is 3.55. The Kier molecular flexibility index (Phi) is 13.2. The number of hydrogen-bond donors (Lipinski definition) is 2. The molecule has 43 heavy (non-hydrogen) atoms. The fourth-order valence-electron chi connectivity index (χ4n) is 3.60. The zero-order valence-corrected chi connectivity index (χ0v) is 27.3. The molecule has 0 bridgehead atoms. The Morgan fingerprint density at radius 2 is 1.86 bits per heavy atom. The lowest BCUT2D eigenvalue weighted by molar-refractivity contribution is -0.137. The van der Waals surface area contributed by atoms with Crippen molar-refractivity contribution in [3.63, 3.8) is 0 Å². The number of nitrogens with zero attached hydrogens (tertiary/aromatic N) is 3. The first-order valence-corrected chi connectivity index (χ1v) is 17.7. The molecule has 1 aromatic heterocycles. The van der Waals surface area contributed by atoms with Gasteiger partial charge in [-0.15, -0.1) is 6.58 Å². The highest BCUT2D eigenvalue weighted by molar-refractivity contribution is 6.76. The molecule has 2 aromatic rings. The van der Waals surface area contributed by atoms with Gasteiger partial charge in [-0.2, -0.15) is 5.06 Å². The third-order valence-electron chi connectivity index (χ3n) is 5.74. The zero-order chi connectivity index (χ0) is 32.2. The first-order chi connectivity index (χ1) is 20.2. The van der Waals surface area contributed by atoms with Crippen molar-refractivity contribution in [1.82, 2.24) is 14.6 Å². The molecule has 0 aliphatic heterocycles. The number of nitrogens with one attached hydrogen (secondary N) is 2. The number of benzene rings is 1. The van der Waals surface area contributed by atoms with Crippen molar-refractivity contribution in [1.29, 1.82) is 0 Å². The Hall–Kier alpha value is -3.94. The molecule has 2 N–H and O–H groups in total. The van der Waals surface area contributed by atoms with Gasteiger partial charge in [0.1, 0.15) is 18.2 Å². The second-order valence-electron chi connectivity index (χ2n) is 11.8. The molecule has 0 aliphatic carbocycles. The van der Waals surface area contributed by atoms with Gasteiger partial charge in [0.05, 0.1) is 31.6 Å². The normalized spacial score (nSPS) is 11.4. The molecule has 0 spiro atoms. The number of ether oxygens (including phenoxy) is 3. The molecular weight excluding hydrogens is 570 g/mol. The monoisotopic (exact) mass is 615 g/mol. The summed E-state index contributed by atoms with van der Waals surface area (Å²) in [4.78, 5) is 47.3. The van der Waals surface area contributed by atoms with E-state index in [0.29, 0.717) is 41.5 Å². The summed E-state index contributed by atoms with van der Waals surface area (Å²) in [7, 11) is -0.0381. The highest BCUT2D eigenvalue weighted by Crippen LogP contribution is 2.31. The van der Waals surface area contributed by atoms with Crippen LogP contribution in [0.2, 0.25) is 25.7 Å². The van der Waals surface area contributed by atoms with Crippen LogP contribution in [-0.2, 0) is 37.0 Å². The van der Waals surface area contributed by atoms with Crippen molar-refractivity contribution in [3.05, 3.63) is 55.5 Å². The molecule has 0 saturated heterocycles. The van der Waals surface area contributed by atoms with Gasteiger partial charge < -0.3 is 24.1 Å². The van der Waals surface area contributed by atoms with Gasteiger partial charge in [-0.25, -0.2) is 14.6 Å². The van der Waals surface area contributed by atoms with Crippen molar-refractivity contribution in [2.24, 2.45) is 0 Å². The molecule has 0 saturated carbocycles. The first-order valence-electron chi connectivity index (χ1n) is 14.0. The highest BCUT2D eigenvalue weighted by atomic mass is 28.3. The lowest BCUT2D eigenvalue weighted by Crippen LogP contribution is -2.38. The molecule has 0 atom stereocenters. The summed E-state index contributed by atoms with van der Waals surface area (Å²) < 4.78 is 18.1. The van der Waals surface area contributed by atoms with E-state index in [2.05, 4.69) is 48.2 Å². The predicted molar refractivity (Wildman–Crippen MR) is 169 cm³/mol. The predicted octanol–water partition coefficient (Wildman–Crippen LogP) is 6.06. The standard InChI is InChI=1S/C30H45N5O7Si/c1-10-16-41-35(29(38)42-30(3,4)5)15-14-26-32-25(20-34(26)21-40-17-18-43(7,8)9)23-13-12-22(31-28(37)39-6)19-24(23)33-27(36)11-2/h10-13,19-20H,1-2,14-18,21H2,3-9H3,(H,31,37)(H,33,36). The van der Waals surface area contributed by atoms with Crippen LogP contribution < -0.4 is 10.6 Å². The summed E-state index contributed by atoms with van der Waals surface area (Å²) in [5.74, 6) is 0.190. The zero-order valence-electron chi connectivity index (χ0n) is 26.3. The van der Waals surface area contributed by atoms with Crippen LogP contribution in [0, 0.1) is 0 Å². The Morgan fingerprint density at radius 3 is 2.47 bits per heavy atom. The molecule has 13 heteroatoms. The van der Waals surface area contributed by atoms with E-state index in [-0.39, 0.29) is 19.9 Å². The average molecular weight is 616 g/mol. The van der Waals surface area contributed by atoms with Gasteiger partial charge in [0.2, 0.25) is 5.91 Å². The van der Waals surface area contributed by atoms with Gasteiger partial charge in [0, 0.05) is 38.5 Å². The second kappa shape index (κ2) is 16.1. The van der Waals surface area contributed by atoms with E-state index in [0.717, 1.165) is 17.2 Å². The lowest BCUT2D eigenvalue weighted by atomic mass is 10.1. The minimum Gasteiger partial charge on any atom is -0.453 e. The summed E-state index contributed by atoms with van der Waals surface area (Å²) >= 11 is 0. The number of imidazole rings is 1. The van der Waals surface area contributed by atoms with Gasteiger partial charge in [-0.1, -0.05) is 32.3 Å². The van der Waals surface area contributed by atoms with E-state index >= 15 is 0 Å². The van der Waals surface area contributed by atoms with Gasteiger partial charge in [-0.05, 0) is 51.1 Å². The van der Waals surface area contributed by atoms with Crippen molar-refractivity contribution < 1.29 is 33.4 Å². The number of carbonyl (C=O) groups is 3. The molecule has 2 rings (SSSR count). The van der Waals surface area contributed by atoms with Crippen LogP contribution >= 0.6 is 0 Å². The summed E-state index contributed by atoms with van der Waals surface area (Å²) in [6.45, 7) is 20.5. The third kappa shape index (κ3) is 12.4. The molecule has 1 heterocycles. The van der Waals surface area contributed by atoms with Crippen molar-refractivity contribution >= 4 is 37.5 Å². The number of rotatable bonds is 15. The largest absolute Gasteiger partial charge is 0.453 e. The summed E-state index contributed by atoms with van der Waals surface area (Å²) in [5, 5.41) is 6.52. The van der Waals surface area contributed by atoms with Crippen LogP contribution in [0.3, 0.4) is 0 Å². The topological polar surface area (TPSA) is 133 Å². The van der Waals surface area contributed by atoms with E-state index in [1.54, 1.807) is 45.0 Å². The van der Waals surface area contributed by atoms with Crippen molar-refractivity contribution in [3.8, 4) is 11.3 Å². The van der Waals surface area contributed by atoms with Gasteiger partial charge in [0.15, 0.2) is 0 Å². The Bertz CT molecular complexity index is 1280. The van der Waals surface area contributed by atoms with Crippen LogP contribution in [0.4, 0.5) is 21.0 Å². The second-order valence-corrected chi connectivity index (χ2v) is 17.5.